The predicted molar refractivity (Wildman–Crippen MR) is 79.8 cm³/mol. The van der Waals surface area contributed by atoms with Gasteiger partial charge in [-0.2, -0.15) is 5.10 Å². The molecule has 1 unspecified atom stereocenters. The summed E-state index contributed by atoms with van der Waals surface area (Å²) in [4.78, 5) is 0. The van der Waals surface area contributed by atoms with Gasteiger partial charge in [-0.3, -0.25) is 4.68 Å². The van der Waals surface area contributed by atoms with E-state index in [0.717, 1.165) is 24.1 Å². The lowest BCUT2D eigenvalue weighted by molar-refractivity contribution is 0.598. The van der Waals surface area contributed by atoms with Crippen molar-refractivity contribution in [1.29, 1.82) is 0 Å². The summed E-state index contributed by atoms with van der Waals surface area (Å²) >= 11 is 12.4. The summed E-state index contributed by atoms with van der Waals surface area (Å²) in [5.41, 5.74) is 2.07. The second-order valence-electron chi connectivity index (χ2n) is 4.48. The zero-order chi connectivity index (χ0) is 13.8. The Hall–Kier alpha value is -1.03. The van der Waals surface area contributed by atoms with Crippen LogP contribution in [0.5, 0.6) is 0 Å². The standard InChI is InChI=1S/C14H17Cl2N3/c1-3-7-17-14(10-8-18-19(2)9-10)11-5-4-6-12(15)13(11)16/h4-6,8-9,14,17H,3,7H2,1-2H3. The first-order chi connectivity index (χ1) is 9.13. The van der Waals surface area contributed by atoms with Gasteiger partial charge < -0.3 is 5.32 Å². The molecule has 1 aromatic carbocycles. The van der Waals surface area contributed by atoms with Crippen LogP contribution in [0.1, 0.15) is 30.5 Å². The molecule has 19 heavy (non-hydrogen) atoms. The fourth-order valence-electron chi connectivity index (χ4n) is 2.03. The van der Waals surface area contributed by atoms with Crippen LogP contribution in [0, 0.1) is 0 Å². The molecular weight excluding hydrogens is 281 g/mol. The second-order valence-corrected chi connectivity index (χ2v) is 5.26. The fraction of sp³-hybridized carbons (Fsp3) is 0.357. The van der Waals surface area contributed by atoms with Crippen molar-refractivity contribution in [2.24, 2.45) is 7.05 Å². The first-order valence-corrected chi connectivity index (χ1v) is 7.05. The molecule has 3 nitrogen and oxygen atoms in total. The van der Waals surface area contributed by atoms with Crippen LogP contribution in [0.15, 0.2) is 30.6 Å². The van der Waals surface area contributed by atoms with Gasteiger partial charge in [-0.25, -0.2) is 0 Å². The molecule has 0 fully saturated rings. The van der Waals surface area contributed by atoms with Crippen molar-refractivity contribution in [3.05, 3.63) is 51.8 Å². The zero-order valence-electron chi connectivity index (χ0n) is 11.0. The summed E-state index contributed by atoms with van der Waals surface area (Å²) < 4.78 is 1.79. The molecule has 0 aliphatic heterocycles. The van der Waals surface area contributed by atoms with Crippen LogP contribution in [0.2, 0.25) is 10.0 Å². The van der Waals surface area contributed by atoms with Gasteiger partial charge in [0.05, 0.1) is 22.3 Å². The molecule has 0 spiro atoms. The second kappa shape index (κ2) is 6.42. The molecule has 0 aliphatic rings. The van der Waals surface area contributed by atoms with Crippen LogP contribution in [-0.4, -0.2) is 16.3 Å². The van der Waals surface area contributed by atoms with Gasteiger partial charge in [0.15, 0.2) is 0 Å². The number of aromatic nitrogens is 2. The lowest BCUT2D eigenvalue weighted by atomic mass is 10.0. The SMILES string of the molecule is CCCNC(c1cnn(C)c1)c1cccc(Cl)c1Cl. The van der Waals surface area contributed by atoms with Crippen molar-refractivity contribution in [3.63, 3.8) is 0 Å². The summed E-state index contributed by atoms with van der Waals surface area (Å²) in [7, 11) is 1.90. The molecule has 0 saturated heterocycles. The minimum Gasteiger partial charge on any atom is -0.306 e. The number of benzene rings is 1. The summed E-state index contributed by atoms with van der Waals surface area (Å²) in [5, 5.41) is 8.88. The van der Waals surface area contributed by atoms with Crippen LogP contribution < -0.4 is 5.32 Å². The zero-order valence-corrected chi connectivity index (χ0v) is 12.5. The maximum Gasteiger partial charge on any atom is 0.0643 e. The Labute approximate surface area is 123 Å². The van der Waals surface area contributed by atoms with Gasteiger partial charge >= 0.3 is 0 Å². The van der Waals surface area contributed by atoms with Gasteiger partial charge in [-0.05, 0) is 24.6 Å². The molecular formula is C14H17Cl2N3. The van der Waals surface area contributed by atoms with Crippen molar-refractivity contribution < 1.29 is 0 Å². The summed E-state index contributed by atoms with van der Waals surface area (Å²) in [6.07, 6.45) is 4.89. The normalized spacial score (nSPS) is 12.6. The fourth-order valence-corrected chi connectivity index (χ4v) is 2.45. The predicted octanol–water partition coefficient (Wildman–Crippen LogP) is 3.82. The Morgan fingerprint density at radius 1 is 1.37 bits per heavy atom. The van der Waals surface area contributed by atoms with Crippen LogP contribution in [-0.2, 0) is 7.05 Å². The molecule has 2 aromatic rings. The number of nitrogens with zero attached hydrogens (tertiary/aromatic N) is 2. The number of aryl methyl sites for hydroxylation is 1. The Morgan fingerprint density at radius 2 is 2.16 bits per heavy atom. The molecule has 2 rings (SSSR count). The maximum atomic E-state index is 6.32. The third-order valence-electron chi connectivity index (χ3n) is 2.95. The highest BCUT2D eigenvalue weighted by Gasteiger charge is 2.18. The van der Waals surface area contributed by atoms with E-state index in [2.05, 4.69) is 17.3 Å². The van der Waals surface area contributed by atoms with Gasteiger partial charge in [0, 0.05) is 18.8 Å². The van der Waals surface area contributed by atoms with E-state index in [1.165, 1.54) is 0 Å². The molecule has 1 N–H and O–H groups in total. The van der Waals surface area contributed by atoms with Gasteiger partial charge in [0.25, 0.3) is 0 Å². The van der Waals surface area contributed by atoms with E-state index in [0.29, 0.717) is 10.0 Å². The minimum absolute atomic E-state index is 0.0137. The molecule has 0 saturated carbocycles. The van der Waals surface area contributed by atoms with Crippen molar-refractivity contribution in [2.45, 2.75) is 19.4 Å². The monoisotopic (exact) mass is 297 g/mol. The molecule has 1 atom stereocenters. The molecule has 1 aromatic heterocycles. The number of halogens is 2. The maximum absolute atomic E-state index is 6.32. The van der Waals surface area contributed by atoms with E-state index in [1.54, 1.807) is 10.7 Å². The van der Waals surface area contributed by atoms with E-state index in [4.69, 9.17) is 23.2 Å². The van der Waals surface area contributed by atoms with E-state index < -0.39 is 0 Å². The van der Waals surface area contributed by atoms with Crippen molar-refractivity contribution in [3.8, 4) is 0 Å². The van der Waals surface area contributed by atoms with Crippen LogP contribution >= 0.6 is 23.2 Å². The van der Waals surface area contributed by atoms with Crippen molar-refractivity contribution in [2.75, 3.05) is 6.54 Å². The van der Waals surface area contributed by atoms with E-state index >= 15 is 0 Å². The molecule has 1 heterocycles. The van der Waals surface area contributed by atoms with Crippen molar-refractivity contribution >= 4 is 23.2 Å². The molecule has 102 valence electrons. The quantitative estimate of drug-likeness (QED) is 0.909. The summed E-state index contributed by atoms with van der Waals surface area (Å²) in [5.74, 6) is 0. The van der Waals surface area contributed by atoms with E-state index in [9.17, 15) is 0 Å². The Bertz CT molecular complexity index is 551. The first kappa shape index (κ1) is 14.4. The molecule has 0 aliphatic carbocycles. The molecule has 0 radical (unpaired) electrons. The van der Waals surface area contributed by atoms with Crippen LogP contribution in [0.25, 0.3) is 0 Å². The molecule has 0 amide bonds. The smallest absolute Gasteiger partial charge is 0.0643 e. The van der Waals surface area contributed by atoms with Crippen molar-refractivity contribution in [1.82, 2.24) is 15.1 Å². The number of rotatable bonds is 5. The van der Waals surface area contributed by atoms with Gasteiger partial charge in [-0.15, -0.1) is 0 Å². The van der Waals surface area contributed by atoms with Crippen LogP contribution in [0.3, 0.4) is 0 Å². The largest absolute Gasteiger partial charge is 0.306 e. The highest BCUT2D eigenvalue weighted by molar-refractivity contribution is 6.42. The Kier molecular flexibility index (Phi) is 4.86. The highest BCUT2D eigenvalue weighted by Crippen LogP contribution is 2.32. The topological polar surface area (TPSA) is 29.9 Å². The first-order valence-electron chi connectivity index (χ1n) is 6.29. The van der Waals surface area contributed by atoms with Gasteiger partial charge in [0.1, 0.15) is 0 Å². The van der Waals surface area contributed by atoms with Crippen LogP contribution in [0.4, 0.5) is 0 Å². The third kappa shape index (κ3) is 3.30. The van der Waals surface area contributed by atoms with E-state index in [1.807, 2.05) is 31.6 Å². The third-order valence-corrected chi connectivity index (χ3v) is 3.78. The average molecular weight is 298 g/mol. The number of hydrogen-bond acceptors (Lipinski definition) is 2. The lowest BCUT2D eigenvalue weighted by Gasteiger charge is -2.19. The van der Waals surface area contributed by atoms with E-state index in [-0.39, 0.29) is 6.04 Å². The average Bonchev–Trinajstić information content (AvgIpc) is 2.81. The summed E-state index contributed by atoms with van der Waals surface area (Å²) in [6.45, 7) is 3.04. The molecule has 5 heteroatoms. The Morgan fingerprint density at radius 3 is 2.79 bits per heavy atom. The lowest BCUT2D eigenvalue weighted by Crippen LogP contribution is -2.23. The summed E-state index contributed by atoms with van der Waals surface area (Å²) in [6, 6.07) is 5.72. The Balaban J connectivity index is 2.39. The molecule has 0 bridgehead atoms. The minimum atomic E-state index is 0.0137. The van der Waals surface area contributed by atoms with Gasteiger partial charge in [0.2, 0.25) is 0 Å². The van der Waals surface area contributed by atoms with Gasteiger partial charge in [-0.1, -0.05) is 42.3 Å². The number of nitrogens with one attached hydrogen (secondary N) is 1. The highest BCUT2D eigenvalue weighted by atomic mass is 35.5. The number of hydrogen-bond donors (Lipinski definition) is 1.